The molecule has 3 amide bonds. The maximum absolute atomic E-state index is 15.0. The van der Waals surface area contributed by atoms with E-state index in [2.05, 4.69) is 20.6 Å². The molecule has 4 aromatic rings. The van der Waals surface area contributed by atoms with Crippen LogP contribution < -0.4 is 20.9 Å². The van der Waals surface area contributed by atoms with Crippen LogP contribution in [0.1, 0.15) is 16.8 Å². The summed E-state index contributed by atoms with van der Waals surface area (Å²) in [5.41, 5.74) is 1.60. The number of anilines is 2. The molecule has 0 spiro atoms. The van der Waals surface area contributed by atoms with Gasteiger partial charge in [0, 0.05) is 49.7 Å². The van der Waals surface area contributed by atoms with Crippen molar-refractivity contribution in [2.24, 2.45) is 0 Å². The summed E-state index contributed by atoms with van der Waals surface area (Å²) in [6.07, 6.45) is 4.72. The summed E-state index contributed by atoms with van der Waals surface area (Å²) in [7, 11) is 1.50. The van der Waals surface area contributed by atoms with Crippen LogP contribution in [0, 0.1) is 5.82 Å². The van der Waals surface area contributed by atoms with Crippen molar-refractivity contribution in [2.45, 2.75) is 12.6 Å². The molecule has 1 aromatic carbocycles. The number of allylic oxidation sites excluding steroid dienone is 4. The fourth-order valence-electron chi connectivity index (χ4n) is 4.06. The molecular weight excluding hydrogens is 570 g/mol. The number of hydrogen-bond donors (Lipinski definition) is 3. The first-order chi connectivity index (χ1) is 20.2. The number of rotatable bonds is 8. The predicted octanol–water partition coefficient (Wildman–Crippen LogP) is 4.63. The van der Waals surface area contributed by atoms with E-state index < -0.39 is 29.5 Å². The van der Waals surface area contributed by atoms with Gasteiger partial charge in [0.1, 0.15) is 28.1 Å². The van der Waals surface area contributed by atoms with E-state index in [1.54, 1.807) is 6.08 Å². The summed E-state index contributed by atoms with van der Waals surface area (Å²) in [4.78, 5) is 48.6. The largest absolute Gasteiger partial charge is 0.454 e. The molecule has 11 nitrogen and oxygen atoms in total. The molecule has 3 aromatic heterocycles. The minimum Gasteiger partial charge on any atom is -0.454 e. The lowest BCUT2D eigenvalue weighted by atomic mass is 10.1. The Kier molecular flexibility index (Phi) is 8.36. The number of aromatic nitrogens is 3. The zero-order chi connectivity index (χ0) is 29.8. The molecule has 0 aliphatic heterocycles. The van der Waals surface area contributed by atoms with Gasteiger partial charge in [0.2, 0.25) is 0 Å². The highest BCUT2D eigenvalue weighted by Gasteiger charge is 2.21. The highest BCUT2D eigenvalue weighted by Crippen LogP contribution is 2.28. The van der Waals surface area contributed by atoms with Crippen molar-refractivity contribution in [3.63, 3.8) is 0 Å². The van der Waals surface area contributed by atoms with E-state index in [1.807, 2.05) is 0 Å². The first kappa shape index (κ1) is 28.6. The fourth-order valence-corrected chi connectivity index (χ4v) is 4.85. The molecule has 42 heavy (non-hydrogen) atoms. The number of urea groups is 1. The molecule has 1 aliphatic carbocycles. The number of fused-ring (bicyclic) bond motifs is 1. The number of carbonyl (C=O) groups is 2. The van der Waals surface area contributed by atoms with Gasteiger partial charge in [-0.3, -0.25) is 19.5 Å². The number of thiazole rings is 1. The standard InChI is InChI=1S/C28H24F2N6O5S/c1-35(10-11-37)28(40)34-24-13-19(8-9-31-24)41-23-7-4-17(12-21(23)30)33-25(38)20-14-22-27(42-15-32-22)36(26(20)39)18-5-2-16(29)3-6-18/h2,4-9,12-16,37H,3,10-11H2,1H3,(H,33,38)(H,31,34,40). The minimum absolute atomic E-state index is 0.0702. The van der Waals surface area contributed by atoms with Gasteiger partial charge in [0.25, 0.3) is 11.5 Å². The number of benzene rings is 1. The number of halogens is 2. The van der Waals surface area contributed by atoms with Crippen LogP contribution in [0.25, 0.3) is 16.0 Å². The number of ether oxygens (including phenoxy) is 1. The lowest BCUT2D eigenvalue weighted by Crippen LogP contribution is -2.33. The van der Waals surface area contributed by atoms with Crippen LogP contribution in [-0.4, -0.2) is 62.9 Å². The van der Waals surface area contributed by atoms with E-state index in [-0.39, 0.29) is 48.1 Å². The van der Waals surface area contributed by atoms with Crippen molar-refractivity contribution >= 4 is 50.8 Å². The maximum atomic E-state index is 15.0. The molecule has 0 radical (unpaired) electrons. The van der Waals surface area contributed by atoms with Gasteiger partial charge in [0.15, 0.2) is 11.6 Å². The fraction of sp³-hybridized carbons (Fsp3) is 0.179. The average molecular weight is 595 g/mol. The Labute approximate surface area is 241 Å². The Balaban J connectivity index is 1.33. The SMILES string of the molecule is CN(CCO)C(=O)Nc1cc(Oc2ccc(NC(=O)c3cc4ncsc4n(C4=CCC(F)C=C4)c3=O)cc2F)ccn1. The van der Waals surface area contributed by atoms with Gasteiger partial charge in [0.05, 0.1) is 17.6 Å². The zero-order valence-corrected chi connectivity index (χ0v) is 22.9. The van der Waals surface area contributed by atoms with Crippen LogP contribution in [0.4, 0.5) is 25.1 Å². The van der Waals surface area contributed by atoms with Crippen LogP contribution in [0.3, 0.4) is 0 Å². The van der Waals surface area contributed by atoms with Gasteiger partial charge in [-0.25, -0.2) is 23.5 Å². The third-order valence-electron chi connectivity index (χ3n) is 6.19. The molecule has 0 fully saturated rings. The van der Waals surface area contributed by atoms with Crippen molar-refractivity contribution in [1.82, 2.24) is 19.4 Å². The van der Waals surface area contributed by atoms with E-state index in [9.17, 15) is 23.2 Å². The molecule has 1 unspecified atom stereocenters. The third-order valence-corrected chi connectivity index (χ3v) is 7.02. The summed E-state index contributed by atoms with van der Waals surface area (Å²) in [6, 6.07) is 7.45. The molecule has 5 rings (SSSR count). The molecule has 3 N–H and O–H groups in total. The summed E-state index contributed by atoms with van der Waals surface area (Å²) in [5, 5.41) is 14.0. The van der Waals surface area contributed by atoms with Gasteiger partial charge in [-0.15, -0.1) is 11.3 Å². The smallest absolute Gasteiger partial charge is 0.322 e. The molecule has 0 bridgehead atoms. The minimum atomic E-state index is -1.15. The van der Waals surface area contributed by atoms with Crippen molar-refractivity contribution < 1.29 is 28.2 Å². The molecule has 0 saturated carbocycles. The number of amides is 3. The highest BCUT2D eigenvalue weighted by atomic mass is 32.1. The van der Waals surface area contributed by atoms with Gasteiger partial charge in [-0.2, -0.15) is 0 Å². The summed E-state index contributed by atoms with van der Waals surface area (Å²) in [6.45, 7) is -0.0743. The molecule has 3 heterocycles. The summed E-state index contributed by atoms with van der Waals surface area (Å²) in [5.74, 6) is -1.41. The number of likely N-dealkylation sites (N-methyl/N-ethyl adjacent to an activating group) is 1. The zero-order valence-electron chi connectivity index (χ0n) is 22.1. The Morgan fingerprint density at radius 3 is 2.79 bits per heavy atom. The van der Waals surface area contributed by atoms with Gasteiger partial charge in [-0.05, 0) is 36.4 Å². The molecule has 0 saturated heterocycles. The first-order valence-corrected chi connectivity index (χ1v) is 13.5. The number of aliphatic hydroxyl groups excluding tert-OH is 1. The number of aliphatic hydroxyl groups is 1. The lowest BCUT2D eigenvalue weighted by Gasteiger charge is -2.16. The normalized spacial score (nSPS) is 14.4. The average Bonchev–Trinajstić information content (AvgIpc) is 3.43. The molecule has 216 valence electrons. The maximum Gasteiger partial charge on any atom is 0.322 e. The lowest BCUT2D eigenvalue weighted by molar-refractivity contribution is 0.102. The Morgan fingerprint density at radius 1 is 1.21 bits per heavy atom. The van der Waals surface area contributed by atoms with E-state index in [0.29, 0.717) is 16.0 Å². The Bertz CT molecular complexity index is 1790. The third kappa shape index (κ3) is 6.19. The highest BCUT2D eigenvalue weighted by molar-refractivity contribution is 7.16. The summed E-state index contributed by atoms with van der Waals surface area (Å²) < 4.78 is 35.5. The van der Waals surface area contributed by atoms with Crippen molar-refractivity contribution in [1.29, 1.82) is 0 Å². The van der Waals surface area contributed by atoms with Crippen molar-refractivity contribution in [2.75, 3.05) is 30.8 Å². The number of pyridine rings is 2. The van der Waals surface area contributed by atoms with Crippen LogP contribution in [0.15, 0.2) is 71.1 Å². The second-order valence-corrected chi connectivity index (χ2v) is 9.97. The second kappa shape index (κ2) is 12.3. The van der Waals surface area contributed by atoms with Crippen molar-refractivity contribution in [3.8, 4) is 11.5 Å². The first-order valence-electron chi connectivity index (χ1n) is 12.6. The molecule has 1 aliphatic rings. The molecule has 14 heteroatoms. The van der Waals surface area contributed by atoms with Gasteiger partial charge >= 0.3 is 6.03 Å². The van der Waals surface area contributed by atoms with E-state index >= 15 is 0 Å². The second-order valence-electron chi connectivity index (χ2n) is 9.13. The number of alkyl halides is 1. The van der Waals surface area contributed by atoms with Crippen LogP contribution in [0.5, 0.6) is 11.5 Å². The summed E-state index contributed by atoms with van der Waals surface area (Å²) >= 11 is 1.21. The van der Waals surface area contributed by atoms with E-state index in [0.717, 1.165) is 6.07 Å². The quantitative estimate of drug-likeness (QED) is 0.270. The number of nitrogens with one attached hydrogen (secondary N) is 2. The van der Waals surface area contributed by atoms with Crippen molar-refractivity contribution in [3.05, 3.63) is 88.1 Å². The molecular formula is C28H24F2N6O5S. The number of hydrogen-bond acceptors (Lipinski definition) is 8. The monoisotopic (exact) mass is 594 g/mol. The number of nitrogens with zero attached hydrogens (tertiary/aromatic N) is 4. The van der Waals surface area contributed by atoms with Crippen LogP contribution in [-0.2, 0) is 0 Å². The topological polar surface area (TPSA) is 139 Å². The Morgan fingerprint density at radius 2 is 2.05 bits per heavy atom. The van der Waals surface area contributed by atoms with Crippen LogP contribution >= 0.6 is 11.3 Å². The van der Waals surface area contributed by atoms with E-state index in [4.69, 9.17) is 9.84 Å². The van der Waals surface area contributed by atoms with E-state index in [1.165, 1.54) is 82.0 Å². The molecule has 1 atom stereocenters. The predicted molar refractivity (Wildman–Crippen MR) is 154 cm³/mol. The Hall–Kier alpha value is -4.95. The van der Waals surface area contributed by atoms with Gasteiger partial charge in [-0.1, -0.05) is 6.08 Å². The number of carbonyl (C=O) groups excluding carboxylic acids is 2. The van der Waals surface area contributed by atoms with Gasteiger partial charge < -0.3 is 20.1 Å². The van der Waals surface area contributed by atoms with Crippen LogP contribution in [0.2, 0.25) is 0 Å².